The summed E-state index contributed by atoms with van der Waals surface area (Å²) < 4.78 is 0. The molecule has 2 aromatic rings. The van der Waals surface area contributed by atoms with Crippen LogP contribution in [0, 0.1) is 0 Å². The van der Waals surface area contributed by atoms with Gasteiger partial charge in [0.2, 0.25) is 0 Å². The third-order valence-corrected chi connectivity index (χ3v) is 4.43. The monoisotopic (exact) mass is 315 g/mol. The number of rotatable bonds is 3. The van der Waals surface area contributed by atoms with Crippen molar-refractivity contribution in [2.24, 2.45) is 0 Å². The molecule has 3 rings (SSSR count). The Bertz CT molecular complexity index is 511. The van der Waals surface area contributed by atoms with E-state index in [4.69, 9.17) is 0 Å². The fourth-order valence-corrected chi connectivity index (χ4v) is 3.59. The average Bonchev–Trinajstić information content (AvgIpc) is 2.82. The number of alkyl halides is 1. The van der Waals surface area contributed by atoms with E-state index in [-0.39, 0.29) is 0 Å². The molecule has 1 aliphatic rings. The van der Waals surface area contributed by atoms with E-state index < -0.39 is 0 Å². The van der Waals surface area contributed by atoms with Crippen LogP contribution in [-0.4, -0.2) is 16.3 Å². The maximum Gasteiger partial charge on any atom is 0.0363 e. The summed E-state index contributed by atoms with van der Waals surface area (Å²) in [5, 5.41) is 0. The third-order valence-electron chi connectivity index (χ3n) is 3.77. The van der Waals surface area contributed by atoms with Gasteiger partial charge in [0.25, 0.3) is 0 Å². The highest BCUT2D eigenvalue weighted by Crippen LogP contribution is 2.36. The zero-order valence-electron chi connectivity index (χ0n) is 10.9. The summed E-state index contributed by atoms with van der Waals surface area (Å²) in [5.41, 5.74) is 2.82. The average molecular weight is 316 g/mol. The highest BCUT2D eigenvalue weighted by Gasteiger charge is 2.31. The molecule has 2 atom stereocenters. The molecule has 0 amide bonds. The number of hydrogen-bond donors (Lipinski definition) is 0. The van der Waals surface area contributed by atoms with E-state index in [1.165, 1.54) is 17.5 Å². The summed E-state index contributed by atoms with van der Waals surface area (Å²) >= 11 is 3.79. The Morgan fingerprint density at radius 3 is 2.26 bits per heavy atom. The molecule has 0 bridgehead atoms. The van der Waals surface area contributed by atoms with Gasteiger partial charge in [0.15, 0.2) is 0 Å². The van der Waals surface area contributed by atoms with Crippen LogP contribution in [0.1, 0.15) is 23.6 Å². The normalized spacial score (nSPS) is 23.6. The van der Waals surface area contributed by atoms with Gasteiger partial charge in [-0.2, -0.15) is 0 Å². The van der Waals surface area contributed by atoms with Crippen molar-refractivity contribution < 1.29 is 0 Å². The topological polar surface area (TPSA) is 3.24 Å². The second kappa shape index (κ2) is 5.89. The summed E-state index contributed by atoms with van der Waals surface area (Å²) in [7, 11) is 0. The zero-order chi connectivity index (χ0) is 13.1. The maximum atomic E-state index is 3.79. The molecule has 0 aliphatic carbocycles. The Morgan fingerprint density at radius 1 is 0.947 bits per heavy atom. The molecule has 0 N–H and O–H groups in total. The van der Waals surface area contributed by atoms with Gasteiger partial charge in [-0.3, -0.25) is 4.90 Å². The molecule has 19 heavy (non-hydrogen) atoms. The van der Waals surface area contributed by atoms with Gasteiger partial charge in [-0.15, -0.1) is 0 Å². The molecule has 1 heterocycles. The molecule has 0 saturated carbocycles. The number of likely N-dealkylation sites (tertiary alicyclic amines) is 1. The van der Waals surface area contributed by atoms with Crippen LogP contribution in [0.25, 0.3) is 0 Å². The highest BCUT2D eigenvalue weighted by molar-refractivity contribution is 9.09. The molecule has 1 nitrogen and oxygen atoms in total. The lowest BCUT2D eigenvalue weighted by Crippen LogP contribution is -2.23. The summed E-state index contributed by atoms with van der Waals surface area (Å²) in [4.78, 5) is 3.17. The highest BCUT2D eigenvalue weighted by atomic mass is 79.9. The molecule has 2 aromatic carbocycles. The van der Waals surface area contributed by atoms with Crippen molar-refractivity contribution in [2.75, 3.05) is 6.54 Å². The lowest BCUT2D eigenvalue weighted by atomic mass is 10.0. The van der Waals surface area contributed by atoms with Crippen molar-refractivity contribution in [1.82, 2.24) is 4.90 Å². The van der Waals surface area contributed by atoms with Crippen molar-refractivity contribution in [2.45, 2.75) is 23.8 Å². The van der Waals surface area contributed by atoms with E-state index in [1.54, 1.807) is 0 Å². The minimum Gasteiger partial charge on any atom is -0.291 e. The van der Waals surface area contributed by atoms with Crippen molar-refractivity contribution in [3.05, 3.63) is 71.8 Å². The van der Waals surface area contributed by atoms with E-state index >= 15 is 0 Å². The largest absolute Gasteiger partial charge is 0.291 e. The van der Waals surface area contributed by atoms with Gasteiger partial charge >= 0.3 is 0 Å². The molecule has 0 spiro atoms. The number of benzene rings is 2. The van der Waals surface area contributed by atoms with E-state index in [0.29, 0.717) is 10.9 Å². The molecule has 0 aromatic heterocycles. The molecular weight excluding hydrogens is 298 g/mol. The third kappa shape index (κ3) is 3.07. The van der Waals surface area contributed by atoms with E-state index in [0.717, 1.165) is 13.1 Å². The van der Waals surface area contributed by atoms with Crippen LogP contribution in [0.4, 0.5) is 0 Å². The van der Waals surface area contributed by atoms with Crippen molar-refractivity contribution >= 4 is 15.9 Å². The van der Waals surface area contributed by atoms with Crippen LogP contribution in [-0.2, 0) is 6.54 Å². The van der Waals surface area contributed by atoms with Gasteiger partial charge in [-0.25, -0.2) is 0 Å². The Hall–Kier alpha value is -1.12. The molecular formula is C17H18BrN. The van der Waals surface area contributed by atoms with Crippen LogP contribution >= 0.6 is 15.9 Å². The second-order valence-electron chi connectivity index (χ2n) is 5.17. The predicted octanol–water partition coefficient (Wildman–Crippen LogP) is 4.40. The van der Waals surface area contributed by atoms with Gasteiger partial charge < -0.3 is 0 Å². The first kappa shape index (κ1) is 12.9. The fourth-order valence-electron chi connectivity index (χ4n) is 2.86. The first-order valence-corrected chi connectivity index (χ1v) is 7.71. The van der Waals surface area contributed by atoms with Crippen LogP contribution in [0.3, 0.4) is 0 Å². The van der Waals surface area contributed by atoms with Gasteiger partial charge in [-0.1, -0.05) is 76.6 Å². The minimum absolute atomic E-state index is 0.533. The van der Waals surface area contributed by atoms with Gasteiger partial charge in [-0.05, 0) is 17.5 Å². The van der Waals surface area contributed by atoms with Crippen LogP contribution < -0.4 is 0 Å². The molecule has 0 radical (unpaired) electrons. The zero-order valence-corrected chi connectivity index (χ0v) is 12.5. The first-order valence-electron chi connectivity index (χ1n) is 6.80. The SMILES string of the molecule is Br[C@H]1C[C@H](c2ccccc2)N(Cc2ccccc2)C1. The molecule has 1 aliphatic heterocycles. The van der Waals surface area contributed by atoms with Gasteiger partial charge in [0.05, 0.1) is 0 Å². The van der Waals surface area contributed by atoms with E-state index in [2.05, 4.69) is 81.5 Å². The number of nitrogens with zero attached hydrogens (tertiary/aromatic N) is 1. The summed E-state index contributed by atoms with van der Waals surface area (Å²) in [5.74, 6) is 0. The Kier molecular flexibility index (Phi) is 4.00. The van der Waals surface area contributed by atoms with Gasteiger partial charge in [0.1, 0.15) is 0 Å². The number of hydrogen-bond acceptors (Lipinski definition) is 1. The predicted molar refractivity (Wildman–Crippen MR) is 83.4 cm³/mol. The van der Waals surface area contributed by atoms with Crippen LogP contribution in [0.2, 0.25) is 0 Å². The fraction of sp³-hybridized carbons (Fsp3) is 0.294. The summed E-state index contributed by atoms with van der Waals surface area (Å²) in [6, 6.07) is 22.1. The summed E-state index contributed by atoms with van der Waals surface area (Å²) in [6.45, 7) is 2.15. The minimum atomic E-state index is 0.533. The number of halogens is 1. The standard InChI is InChI=1S/C17H18BrN/c18-16-11-17(15-9-5-2-6-10-15)19(13-16)12-14-7-3-1-4-8-14/h1-10,16-17H,11-13H2/t16-,17+/m0/s1. The van der Waals surface area contributed by atoms with Crippen molar-refractivity contribution in [1.29, 1.82) is 0 Å². The van der Waals surface area contributed by atoms with Crippen LogP contribution in [0.5, 0.6) is 0 Å². The molecule has 1 fully saturated rings. The van der Waals surface area contributed by atoms with Gasteiger partial charge in [0, 0.05) is 24.0 Å². The molecule has 1 saturated heterocycles. The quantitative estimate of drug-likeness (QED) is 0.759. The van der Waals surface area contributed by atoms with Crippen molar-refractivity contribution in [3.63, 3.8) is 0 Å². The Morgan fingerprint density at radius 2 is 1.58 bits per heavy atom. The smallest absolute Gasteiger partial charge is 0.0363 e. The Balaban J connectivity index is 1.79. The summed E-state index contributed by atoms with van der Waals surface area (Å²) in [6.07, 6.45) is 1.19. The lowest BCUT2D eigenvalue weighted by Gasteiger charge is -2.24. The van der Waals surface area contributed by atoms with Crippen LogP contribution in [0.15, 0.2) is 60.7 Å². The first-order chi connectivity index (χ1) is 9.33. The maximum absolute atomic E-state index is 3.79. The Labute approximate surface area is 123 Å². The molecule has 98 valence electrons. The second-order valence-corrected chi connectivity index (χ2v) is 6.47. The van der Waals surface area contributed by atoms with E-state index in [9.17, 15) is 0 Å². The van der Waals surface area contributed by atoms with Crippen molar-refractivity contribution in [3.8, 4) is 0 Å². The molecule has 0 unspecified atom stereocenters. The van der Waals surface area contributed by atoms with E-state index in [1.807, 2.05) is 0 Å². The lowest BCUT2D eigenvalue weighted by molar-refractivity contribution is 0.249. The molecule has 2 heteroatoms.